The van der Waals surface area contributed by atoms with Gasteiger partial charge in [-0.3, -0.25) is 5.32 Å². The molecule has 3 aromatic carbocycles. The van der Waals surface area contributed by atoms with Gasteiger partial charge in [0, 0.05) is 36.9 Å². The molecule has 11 nitrogen and oxygen atoms in total. The summed E-state index contributed by atoms with van der Waals surface area (Å²) < 4.78 is 21.9. The SMILES string of the molecule is CN1C[C@H](O)[C@@H](n2c(NC#N)nc3cc(/C=C4\c5ccccc5COc5cc(F)ccc54)ccc32)C1.O=C(O)/C=C\C(=O)O. The van der Waals surface area contributed by atoms with Crippen molar-refractivity contribution in [3.63, 3.8) is 0 Å². The van der Waals surface area contributed by atoms with Crippen molar-refractivity contribution < 1.29 is 34.0 Å². The first-order valence-corrected chi connectivity index (χ1v) is 13.5. The molecule has 2 atom stereocenters. The summed E-state index contributed by atoms with van der Waals surface area (Å²) in [6.45, 7) is 1.57. The molecule has 3 heterocycles. The van der Waals surface area contributed by atoms with Crippen LogP contribution in [0.1, 0.15) is 28.3 Å². The van der Waals surface area contributed by atoms with Gasteiger partial charge in [-0.25, -0.2) is 19.0 Å². The van der Waals surface area contributed by atoms with Crippen LogP contribution in [0.4, 0.5) is 10.3 Å². The van der Waals surface area contributed by atoms with Crippen LogP contribution in [-0.4, -0.2) is 68.0 Å². The highest BCUT2D eigenvalue weighted by Gasteiger charge is 2.33. The Balaban J connectivity index is 0.000000426. The number of aliphatic carboxylic acids is 2. The minimum atomic E-state index is -1.26. The summed E-state index contributed by atoms with van der Waals surface area (Å²) in [5, 5.41) is 38.2. The molecule has 0 radical (unpaired) electrons. The van der Waals surface area contributed by atoms with Crippen molar-refractivity contribution in [1.82, 2.24) is 14.5 Å². The number of nitriles is 1. The molecule has 0 amide bonds. The number of ether oxygens (including phenoxy) is 1. The van der Waals surface area contributed by atoms with Gasteiger partial charge < -0.3 is 29.5 Å². The number of nitrogens with one attached hydrogen (secondary N) is 1. The number of carboxylic acid groups (broad SMARTS) is 2. The van der Waals surface area contributed by atoms with E-state index in [1.165, 1.54) is 12.1 Å². The van der Waals surface area contributed by atoms with E-state index in [9.17, 15) is 24.3 Å². The molecule has 0 bridgehead atoms. The minimum absolute atomic E-state index is 0.215. The molecule has 1 aromatic heterocycles. The number of β-amino-alcohol motifs (C(OH)–C–C–N with tert-alkyl or cyclic N) is 1. The van der Waals surface area contributed by atoms with Gasteiger partial charge in [0.25, 0.3) is 0 Å². The lowest BCUT2D eigenvalue weighted by atomic mass is 9.92. The molecule has 0 saturated carbocycles. The number of fused-ring (bicyclic) bond motifs is 3. The highest BCUT2D eigenvalue weighted by Crippen LogP contribution is 2.39. The Morgan fingerprint density at radius 1 is 1.07 bits per heavy atom. The summed E-state index contributed by atoms with van der Waals surface area (Å²) in [6.07, 6.45) is 4.57. The Hall–Kier alpha value is -5.51. The molecule has 4 aromatic rings. The van der Waals surface area contributed by atoms with Gasteiger partial charge in [-0.2, -0.15) is 5.26 Å². The van der Waals surface area contributed by atoms with E-state index in [0.29, 0.717) is 49.1 Å². The number of carbonyl (C=O) groups is 2. The Labute approximate surface area is 251 Å². The first-order chi connectivity index (χ1) is 21.1. The van der Waals surface area contributed by atoms with E-state index in [4.69, 9.17) is 14.9 Å². The fourth-order valence-electron chi connectivity index (χ4n) is 5.40. The largest absolute Gasteiger partial charge is 0.488 e. The molecule has 0 unspecified atom stereocenters. The number of likely N-dealkylation sites (tertiary alicyclic amines) is 1. The van der Waals surface area contributed by atoms with E-state index in [0.717, 1.165) is 33.3 Å². The van der Waals surface area contributed by atoms with Crippen molar-refractivity contribution in [2.24, 2.45) is 0 Å². The second kappa shape index (κ2) is 12.8. The molecule has 12 heteroatoms. The maximum Gasteiger partial charge on any atom is 0.328 e. The van der Waals surface area contributed by atoms with E-state index in [1.807, 2.05) is 60.3 Å². The van der Waals surface area contributed by atoms with Crippen molar-refractivity contribution in [2.75, 3.05) is 25.5 Å². The van der Waals surface area contributed by atoms with E-state index in [2.05, 4.69) is 21.3 Å². The van der Waals surface area contributed by atoms with Crippen LogP contribution in [0.5, 0.6) is 5.75 Å². The fourth-order valence-corrected chi connectivity index (χ4v) is 5.40. The van der Waals surface area contributed by atoms with Crippen molar-refractivity contribution in [1.29, 1.82) is 5.26 Å². The van der Waals surface area contributed by atoms with Crippen LogP contribution in [0.2, 0.25) is 0 Å². The Bertz CT molecular complexity index is 1830. The summed E-state index contributed by atoms with van der Waals surface area (Å²) in [5.41, 5.74) is 6.24. The average Bonchev–Trinajstić information content (AvgIpc) is 3.46. The van der Waals surface area contributed by atoms with Crippen LogP contribution >= 0.6 is 0 Å². The van der Waals surface area contributed by atoms with E-state index in [-0.39, 0.29) is 11.9 Å². The zero-order valence-corrected chi connectivity index (χ0v) is 23.5. The number of likely N-dealkylation sites (N-methyl/N-ethyl adjacent to an activating group) is 1. The Morgan fingerprint density at radius 2 is 1.82 bits per heavy atom. The molecule has 44 heavy (non-hydrogen) atoms. The van der Waals surface area contributed by atoms with Gasteiger partial charge in [0.05, 0.1) is 23.2 Å². The quantitative estimate of drug-likeness (QED) is 0.150. The minimum Gasteiger partial charge on any atom is -0.488 e. The van der Waals surface area contributed by atoms with Crippen molar-refractivity contribution >= 4 is 40.6 Å². The molecule has 0 aliphatic carbocycles. The maximum atomic E-state index is 14.0. The number of aromatic nitrogens is 2. The lowest BCUT2D eigenvalue weighted by molar-refractivity contribution is -0.134. The number of imidazole rings is 1. The number of carboxylic acids is 2. The molecular formula is C32H28FN5O6. The smallest absolute Gasteiger partial charge is 0.328 e. The lowest BCUT2D eigenvalue weighted by Crippen LogP contribution is -2.23. The molecule has 1 fully saturated rings. The molecule has 4 N–H and O–H groups in total. The third-order valence-electron chi connectivity index (χ3n) is 7.26. The van der Waals surface area contributed by atoms with Crippen LogP contribution in [0.3, 0.4) is 0 Å². The monoisotopic (exact) mass is 597 g/mol. The normalized spacial score (nSPS) is 18.5. The van der Waals surface area contributed by atoms with Gasteiger partial charge in [0.2, 0.25) is 5.95 Å². The first-order valence-electron chi connectivity index (χ1n) is 13.5. The van der Waals surface area contributed by atoms with Crippen LogP contribution < -0.4 is 10.1 Å². The molecule has 2 aliphatic rings. The van der Waals surface area contributed by atoms with Crippen molar-refractivity contribution in [3.05, 3.63) is 101 Å². The Kier molecular flexibility index (Phi) is 8.71. The van der Waals surface area contributed by atoms with Gasteiger partial charge in [0.15, 0.2) is 6.19 Å². The summed E-state index contributed by atoms with van der Waals surface area (Å²) >= 11 is 0. The number of halogens is 1. The third-order valence-corrected chi connectivity index (χ3v) is 7.26. The van der Waals surface area contributed by atoms with E-state index >= 15 is 0 Å². The second-order valence-electron chi connectivity index (χ2n) is 10.3. The third kappa shape index (κ3) is 6.44. The molecule has 2 aliphatic heterocycles. The maximum absolute atomic E-state index is 14.0. The van der Waals surface area contributed by atoms with Crippen molar-refractivity contribution in [2.45, 2.75) is 18.8 Å². The van der Waals surface area contributed by atoms with Gasteiger partial charge in [0.1, 0.15) is 18.2 Å². The summed E-state index contributed by atoms with van der Waals surface area (Å²) in [6, 6.07) is 18.3. The van der Waals surface area contributed by atoms with Gasteiger partial charge >= 0.3 is 11.9 Å². The number of hydrogen-bond donors (Lipinski definition) is 4. The molecule has 6 rings (SSSR count). The van der Waals surface area contributed by atoms with E-state index in [1.54, 1.807) is 6.07 Å². The van der Waals surface area contributed by atoms with Gasteiger partial charge in [-0.15, -0.1) is 0 Å². The molecular weight excluding hydrogens is 569 g/mol. The molecule has 0 spiro atoms. The predicted molar refractivity (Wildman–Crippen MR) is 160 cm³/mol. The predicted octanol–water partition coefficient (Wildman–Crippen LogP) is 4.11. The fraction of sp³-hybridized carbons (Fsp3) is 0.188. The number of benzene rings is 3. The number of hydrogen-bond acceptors (Lipinski definition) is 8. The number of nitrogens with zero attached hydrogens (tertiary/aromatic N) is 4. The van der Waals surface area contributed by atoms with Crippen LogP contribution in [0, 0.1) is 17.3 Å². The molecule has 224 valence electrons. The van der Waals surface area contributed by atoms with E-state index < -0.39 is 18.0 Å². The number of aliphatic hydroxyl groups excluding tert-OH is 1. The van der Waals surface area contributed by atoms with Crippen LogP contribution in [-0.2, 0) is 16.2 Å². The summed E-state index contributed by atoms with van der Waals surface area (Å²) in [5.74, 6) is -1.95. The van der Waals surface area contributed by atoms with Crippen molar-refractivity contribution in [3.8, 4) is 11.9 Å². The standard InChI is InChI=1S/C28H24FN5O2.C4H4O4/c1-33-13-25(26(35)14-33)34-24-9-6-17(11-23(24)32-28(34)31-16-30)10-22-20-5-3-2-4-18(20)15-36-27-12-19(29)7-8-21(22)27;5-3(6)1-2-4(7)8/h2-12,25-26,35H,13-15H2,1H3,(H,31,32);1-2H,(H,5,6)(H,7,8)/b22-10+;2-1-/t25-,26-;/m0./s1. The zero-order chi connectivity index (χ0) is 31.4. The first kappa shape index (κ1) is 30.0. The van der Waals surface area contributed by atoms with Crippen LogP contribution in [0.15, 0.2) is 72.8 Å². The topological polar surface area (TPSA) is 161 Å². The lowest BCUT2D eigenvalue weighted by Gasteiger charge is -2.18. The van der Waals surface area contributed by atoms with Gasteiger partial charge in [-0.1, -0.05) is 30.3 Å². The summed E-state index contributed by atoms with van der Waals surface area (Å²) in [7, 11) is 1.96. The zero-order valence-electron chi connectivity index (χ0n) is 23.5. The number of rotatable bonds is 5. The summed E-state index contributed by atoms with van der Waals surface area (Å²) in [4.78, 5) is 25.8. The highest BCUT2D eigenvalue weighted by atomic mass is 19.1. The molecule has 1 saturated heterocycles. The number of aliphatic hydroxyl groups is 1. The highest BCUT2D eigenvalue weighted by molar-refractivity contribution is 5.96. The second-order valence-corrected chi connectivity index (χ2v) is 10.3. The van der Waals surface area contributed by atoms with Crippen LogP contribution in [0.25, 0.3) is 22.7 Å². The average molecular weight is 598 g/mol. The van der Waals surface area contributed by atoms with Gasteiger partial charge in [-0.05, 0) is 59.7 Å². The Morgan fingerprint density at radius 3 is 2.50 bits per heavy atom. The number of anilines is 1.